The molecule has 13 heavy (non-hydrogen) atoms. The molecule has 0 aromatic rings. The molecule has 80 valence electrons. The van der Waals surface area contributed by atoms with E-state index in [1.165, 1.54) is 25.8 Å². The zero-order chi connectivity index (χ0) is 10.3. The molecule has 1 heteroatoms. The zero-order valence-corrected chi connectivity index (χ0v) is 10.1. The minimum atomic E-state index is 0.636. The molecule has 0 aromatic carbocycles. The first-order chi connectivity index (χ1) is 6.02. The molecule has 0 aliphatic heterocycles. The van der Waals surface area contributed by atoms with Gasteiger partial charge < -0.3 is 5.32 Å². The summed E-state index contributed by atoms with van der Waals surface area (Å²) in [5.41, 5.74) is 0. The number of hydrogen-bond acceptors (Lipinski definition) is 1. The van der Waals surface area contributed by atoms with Crippen LogP contribution in [-0.2, 0) is 0 Å². The second kappa shape index (κ2) is 7.37. The molecule has 1 atom stereocenters. The average molecular weight is 185 g/mol. The first-order valence-corrected chi connectivity index (χ1v) is 5.75. The third kappa shape index (κ3) is 9.88. The second-order valence-corrected chi connectivity index (χ2v) is 4.97. The highest BCUT2D eigenvalue weighted by Crippen LogP contribution is 2.14. The summed E-state index contributed by atoms with van der Waals surface area (Å²) in [5.74, 6) is 1.74. The van der Waals surface area contributed by atoms with Crippen molar-refractivity contribution in [2.24, 2.45) is 11.8 Å². The average Bonchev–Trinajstić information content (AvgIpc) is 2.00. The Kier molecular flexibility index (Phi) is 7.35. The summed E-state index contributed by atoms with van der Waals surface area (Å²) >= 11 is 0. The first-order valence-electron chi connectivity index (χ1n) is 5.75. The van der Waals surface area contributed by atoms with Gasteiger partial charge in [0.2, 0.25) is 0 Å². The van der Waals surface area contributed by atoms with E-state index in [1.807, 2.05) is 0 Å². The molecular formula is C12H27N. The van der Waals surface area contributed by atoms with Gasteiger partial charge in [0.05, 0.1) is 0 Å². The molecule has 0 amide bonds. The van der Waals surface area contributed by atoms with Gasteiger partial charge in [-0.2, -0.15) is 0 Å². The van der Waals surface area contributed by atoms with Gasteiger partial charge in [-0.1, -0.05) is 47.5 Å². The lowest BCUT2D eigenvalue weighted by Crippen LogP contribution is -2.24. The fourth-order valence-corrected chi connectivity index (χ4v) is 1.38. The van der Waals surface area contributed by atoms with Crippen molar-refractivity contribution < 1.29 is 0 Å². The monoisotopic (exact) mass is 185 g/mol. The van der Waals surface area contributed by atoms with Crippen molar-refractivity contribution in [3.05, 3.63) is 0 Å². The summed E-state index contributed by atoms with van der Waals surface area (Å²) in [6.45, 7) is 12.6. The van der Waals surface area contributed by atoms with Crippen LogP contribution in [0.15, 0.2) is 0 Å². The van der Waals surface area contributed by atoms with Crippen molar-refractivity contribution >= 4 is 0 Å². The zero-order valence-electron chi connectivity index (χ0n) is 10.1. The van der Waals surface area contributed by atoms with Gasteiger partial charge in [-0.25, -0.2) is 0 Å². The van der Waals surface area contributed by atoms with Gasteiger partial charge in [0.15, 0.2) is 0 Å². The molecule has 0 radical (unpaired) electrons. The van der Waals surface area contributed by atoms with Crippen LogP contribution < -0.4 is 5.32 Å². The highest BCUT2D eigenvalue weighted by atomic mass is 14.9. The van der Waals surface area contributed by atoms with E-state index in [9.17, 15) is 0 Å². The van der Waals surface area contributed by atoms with Gasteiger partial charge in [0.25, 0.3) is 0 Å². The molecule has 0 aliphatic carbocycles. The van der Waals surface area contributed by atoms with Gasteiger partial charge in [0.1, 0.15) is 0 Å². The maximum Gasteiger partial charge on any atom is 0.00103 e. The maximum absolute atomic E-state index is 3.46. The van der Waals surface area contributed by atoms with Crippen molar-refractivity contribution in [1.82, 2.24) is 5.32 Å². The molecule has 0 spiro atoms. The van der Waals surface area contributed by atoms with E-state index in [0.29, 0.717) is 6.04 Å². The third-order valence-electron chi connectivity index (χ3n) is 2.43. The molecule has 0 rings (SSSR count). The van der Waals surface area contributed by atoms with Crippen LogP contribution in [0.2, 0.25) is 0 Å². The molecule has 0 fully saturated rings. The van der Waals surface area contributed by atoms with Crippen molar-refractivity contribution in [3.63, 3.8) is 0 Å². The molecule has 0 saturated heterocycles. The fourth-order valence-electron chi connectivity index (χ4n) is 1.38. The van der Waals surface area contributed by atoms with Crippen molar-refractivity contribution in [1.29, 1.82) is 0 Å². The van der Waals surface area contributed by atoms with E-state index >= 15 is 0 Å². The molecule has 1 unspecified atom stereocenters. The molecule has 1 N–H and O–H groups in total. The van der Waals surface area contributed by atoms with Crippen LogP contribution in [0.5, 0.6) is 0 Å². The summed E-state index contributed by atoms with van der Waals surface area (Å²) < 4.78 is 0. The minimum absolute atomic E-state index is 0.636. The van der Waals surface area contributed by atoms with Crippen molar-refractivity contribution in [3.8, 4) is 0 Å². The maximum atomic E-state index is 3.46. The van der Waals surface area contributed by atoms with Gasteiger partial charge in [-0.3, -0.25) is 0 Å². The van der Waals surface area contributed by atoms with Crippen LogP contribution >= 0.6 is 0 Å². The third-order valence-corrected chi connectivity index (χ3v) is 2.43. The number of rotatable bonds is 7. The normalized spacial score (nSPS) is 14.1. The largest absolute Gasteiger partial charge is 0.315 e. The second-order valence-electron chi connectivity index (χ2n) is 4.97. The topological polar surface area (TPSA) is 12.0 Å². The fraction of sp³-hybridized carbons (Fsp3) is 1.00. The summed E-state index contributed by atoms with van der Waals surface area (Å²) in [4.78, 5) is 0. The van der Waals surface area contributed by atoms with Crippen LogP contribution in [0.4, 0.5) is 0 Å². The number of nitrogens with one attached hydrogen (secondary N) is 1. The summed E-state index contributed by atoms with van der Waals surface area (Å²) in [6, 6.07) is 0.636. The van der Waals surface area contributed by atoms with E-state index in [-0.39, 0.29) is 0 Å². The smallest absolute Gasteiger partial charge is 0.00103 e. The van der Waals surface area contributed by atoms with E-state index in [4.69, 9.17) is 0 Å². The van der Waals surface area contributed by atoms with Crippen LogP contribution in [0, 0.1) is 11.8 Å². The first kappa shape index (κ1) is 13.0. The van der Waals surface area contributed by atoms with E-state index in [1.54, 1.807) is 0 Å². The highest BCUT2D eigenvalue weighted by Gasteiger charge is 2.03. The minimum Gasteiger partial charge on any atom is -0.315 e. The van der Waals surface area contributed by atoms with Gasteiger partial charge in [-0.15, -0.1) is 0 Å². The lowest BCUT2D eigenvalue weighted by atomic mass is 9.97. The van der Waals surface area contributed by atoms with E-state index in [2.05, 4.69) is 39.9 Å². The van der Waals surface area contributed by atoms with Gasteiger partial charge in [-0.05, 0) is 24.8 Å². The molecule has 0 saturated carbocycles. The SMILES string of the molecule is CC(C)CCC(C)CCNC(C)C. The van der Waals surface area contributed by atoms with Crippen LogP contribution in [-0.4, -0.2) is 12.6 Å². The quantitative estimate of drug-likeness (QED) is 0.640. The molecule has 0 aliphatic rings. The number of hydrogen-bond donors (Lipinski definition) is 1. The highest BCUT2D eigenvalue weighted by molar-refractivity contribution is 4.59. The predicted octanol–water partition coefficient (Wildman–Crippen LogP) is 3.45. The Morgan fingerprint density at radius 1 is 0.846 bits per heavy atom. The van der Waals surface area contributed by atoms with Crippen molar-refractivity contribution in [2.75, 3.05) is 6.54 Å². The van der Waals surface area contributed by atoms with E-state index in [0.717, 1.165) is 11.8 Å². The summed E-state index contributed by atoms with van der Waals surface area (Å²) in [5, 5.41) is 3.46. The molecule has 0 aromatic heterocycles. The molecule has 1 nitrogen and oxygen atoms in total. The Hall–Kier alpha value is -0.0400. The predicted molar refractivity (Wildman–Crippen MR) is 61.0 cm³/mol. The Morgan fingerprint density at radius 2 is 1.46 bits per heavy atom. The molecule has 0 bridgehead atoms. The Morgan fingerprint density at radius 3 is 1.92 bits per heavy atom. The molecule has 0 heterocycles. The summed E-state index contributed by atoms with van der Waals surface area (Å²) in [7, 11) is 0. The standard InChI is InChI=1S/C12H27N/c1-10(2)6-7-12(5)8-9-13-11(3)4/h10-13H,6-9H2,1-5H3. The molecular weight excluding hydrogens is 158 g/mol. The van der Waals surface area contributed by atoms with Gasteiger partial charge in [0, 0.05) is 6.04 Å². The Labute approximate surface area is 84.3 Å². The Bertz CT molecular complexity index is 108. The Balaban J connectivity index is 3.25. The van der Waals surface area contributed by atoms with Crippen LogP contribution in [0.3, 0.4) is 0 Å². The lowest BCUT2D eigenvalue weighted by Gasteiger charge is -2.14. The van der Waals surface area contributed by atoms with Crippen LogP contribution in [0.1, 0.15) is 53.9 Å². The van der Waals surface area contributed by atoms with E-state index < -0.39 is 0 Å². The van der Waals surface area contributed by atoms with Crippen molar-refractivity contribution in [2.45, 2.75) is 59.9 Å². The van der Waals surface area contributed by atoms with Gasteiger partial charge >= 0.3 is 0 Å². The summed E-state index contributed by atoms with van der Waals surface area (Å²) in [6.07, 6.45) is 4.09. The lowest BCUT2D eigenvalue weighted by molar-refractivity contribution is 0.411. The van der Waals surface area contributed by atoms with Crippen LogP contribution in [0.25, 0.3) is 0 Å².